The lowest BCUT2D eigenvalue weighted by Gasteiger charge is -2.14. The minimum absolute atomic E-state index is 0.00596. The van der Waals surface area contributed by atoms with Crippen LogP contribution in [0.25, 0.3) is 11.0 Å². The fourth-order valence-corrected chi connectivity index (χ4v) is 3.69. The summed E-state index contributed by atoms with van der Waals surface area (Å²) in [6, 6.07) is 18.6. The average molecular weight is 538 g/mol. The van der Waals surface area contributed by atoms with E-state index in [4.69, 9.17) is 13.9 Å². The van der Waals surface area contributed by atoms with E-state index < -0.39 is 10.8 Å². The van der Waals surface area contributed by atoms with E-state index in [1.807, 2.05) is 25.1 Å². The van der Waals surface area contributed by atoms with Crippen molar-refractivity contribution in [2.45, 2.75) is 13.5 Å². The van der Waals surface area contributed by atoms with Crippen LogP contribution in [0.1, 0.15) is 28.6 Å². The van der Waals surface area contributed by atoms with E-state index in [1.165, 1.54) is 18.3 Å². The Hall–Kier alpha value is -4.18. The highest BCUT2D eigenvalue weighted by Crippen LogP contribution is 2.34. The third-order valence-electron chi connectivity index (χ3n) is 4.90. The van der Waals surface area contributed by atoms with Crippen molar-refractivity contribution in [1.29, 1.82) is 0 Å². The summed E-state index contributed by atoms with van der Waals surface area (Å²) in [5.41, 5.74) is 4.35. The molecular formula is C25H20BrN3O6. The minimum atomic E-state index is -0.476. The highest BCUT2D eigenvalue weighted by molar-refractivity contribution is 9.10. The molecule has 9 nitrogen and oxygen atoms in total. The van der Waals surface area contributed by atoms with Gasteiger partial charge in [0.25, 0.3) is 5.69 Å². The normalized spacial score (nSPS) is 11.0. The van der Waals surface area contributed by atoms with E-state index in [1.54, 1.807) is 36.4 Å². The summed E-state index contributed by atoms with van der Waals surface area (Å²) in [5.74, 6) is 0.595. The molecule has 4 aromatic rings. The number of amides is 1. The maximum absolute atomic E-state index is 12.4. The molecule has 0 aliphatic heterocycles. The number of nitrogens with zero attached hydrogens (tertiary/aromatic N) is 2. The van der Waals surface area contributed by atoms with E-state index in [9.17, 15) is 14.9 Å². The van der Waals surface area contributed by atoms with Crippen molar-refractivity contribution in [2.24, 2.45) is 5.10 Å². The molecule has 0 unspecified atom stereocenters. The van der Waals surface area contributed by atoms with Crippen LogP contribution in [0.5, 0.6) is 11.5 Å². The molecule has 1 N–H and O–H groups in total. The summed E-state index contributed by atoms with van der Waals surface area (Å²) in [6.07, 6.45) is 1.47. The molecule has 0 aliphatic rings. The van der Waals surface area contributed by atoms with Gasteiger partial charge in [0, 0.05) is 27.6 Å². The summed E-state index contributed by atoms with van der Waals surface area (Å²) in [6.45, 7) is 2.36. The molecule has 0 spiro atoms. The van der Waals surface area contributed by atoms with Gasteiger partial charge in [0.1, 0.15) is 12.2 Å². The van der Waals surface area contributed by atoms with E-state index in [0.29, 0.717) is 39.3 Å². The monoisotopic (exact) mass is 537 g/mol. The van der Waals surface area contributed by atoms with Gasteiger partial charge < -0.3 is 13.9 Å². The standard InChI is InChI=1S/C25H20BrN3O6/c1-2-33-22-12-18(14-27-28-25(30)24-11-17-7-3-4-9-21(17)35-24)20(26)13-23(22)34-15-16-6-5-8-19(10-16)29(31)32/h3-14H,2,15H2,1H3,(H,28,30)/b27-14+. The zero-order chi connectivity index (χ0) is 24.8. The third kappa shape index (κ3) is 5.85. The Balaban J connectivity index is 1.46. The number of nitro groups is 1. The van der Waals surface area contributed by atoms with Crippen LogP contribution in [0.3, 0.4) is 0 Å². The van der Waals surface area contributed by atoms with Crippen molar-refractivity contribution in [3.05, 3.63) is 98.2 Å². The van der Waals surface area contributed by atoms with Crippen molar-refractivity contribution in [3.63, 3.8) is 0 Å². The second-order valence-corrected chi connectivity index (χ2v) is 8.17. The number of hydrazone groups is 1. The second kappa shape index (κ2) is 10.8. The molecule has 0 radical (unpaired) electrons. The fraction of sp³-hybridized carbons (Fsp3) is 0.120. The SMILES string of the molecule is CCOc1cc(/C=N/NC(=O)c2cc3ccccc3o2)c(Br)cc1OCc1cccc([N+](=O)[O-])c1. The summed E-state index contributed by atoms with van der Waals surface area (Å²) < 4.78 is 17.8. The zero-order valence-corrected chi connectivity index (χ0v) is 20.2. The maximum Gasteiger partial charge on any atom is 0.307 e. The van der Waals surface area contributed by atoms with Gasteiger partial charge >= 0.3 is 5.91 Å². The Morgan fingerprint density at radius 3 is 2.69 bits per heavy atom. The van der Waals surface area contributed by atoms with Gasteiger partial charge in [0.15, 0.2) is 17.3 Å². The lowest BCUT2D eigenvalue weighted by Crippen LogP contribution is -2.16. The van der Waals surface area contributed by atoms with Crippen LogP contribution in [0, 0.1) is 10.1 Å². The topological polar surface area (TPSA) is 116 Å². The number of rotatable bonds is 9. The van der Waals surface area contributed by atoms with Gasteiger partial charge in [-0.15, -0.1) is 0 Å². The summed E-state index contributed by atoms with van der Waals surface area (Å²) in [4.78, 5) is 22.9. The first kappa shape index (κ1) is 24.0. The highest BCUT2D eigenvalue weighted by Gasteiger charge is 2.13. The van der Waals surface area contributed by atoms with Crippen molar-refractivity contribution in [3.8, 4) is 11.5 Å². The predicted octanol–water partition coefficient (Wildman–Crippen LogP) is 5.85. The van der Waals surface area contributed by atoms with Gasteiger partial charge in [-0.25, -0.2) is 5.43 Å². The minimum Gasteiger partial charge on any atom is -0.490 e. The number of hydrogen-bond donors (Lipinski definition) is 1. The molecule has 0 saturated carbocycles. The van der Waals surface area contributed by atoms with Crippen LogP contribution < -0.4 is 14.9 Å². The Kier molecular flexibility index (Phi) is 7.41. The number of ether oxygens (including phenoxy) is 2. The van der Waals surface area contributed by atoms with Crippen molar-refractivity contribution >= 4 is 44.7 Å². The van der Waals surface area contributed by atoms with Crippen LogP contribution in [0.4, 0.5) is 5.69 Å². The molecule has 178 valence electrons. The smallest absolute Gasteiger partial charge is 0.307 e. The molecule has 1 aromatic heterocycles. The van der Waals surface area contributed by atoms with Gasteiger partial charge in [-0.05, 0) is 52.7 Å². The number of fused-ring (bicyclic) bond motifs is 1. The summed E-state index contributed by atoms with van der Waals surface area (Å²) in [5, 5.41) is 15.8. The molecule has 35 heavy (non-hydrogen) atoms. The molecule has 1 amide bonds. The van der Waals surface area contributed by atoms with Crippen LogP contribution in [-0.4, -0.2) is 23.7 Å². The Bertz CT molecular complexity index is 1380. The first-order chi connectivity index (χ1) is 16.9. The Morgan fingerprint density at radius 1 is 1.11 bits per heavy atom. The molecule has 0 atom stereocenters. The number of halogens is 1. The van der Waals surface area contributed by atoms with Gasteiger partial charge in [-0.1, -0.05) is 30.3 Å². The fourth-order valence-electron chi connectivity index (χ4n) is 3.26. The van der Waals surface area contributed by atoms with Crippen LogP contribution in [0.15, 0.2) is 80.7 Å². The van der Waals surface area contributed by atoms with E-state index in [0.717, 1.165) is 5.39 Å². The molecule has 0 fully saturated rings. The first-order valence-corrected chi connectivity index (χ1v) is 11.4. The molecule has 1 heterocycles. The highest BCUT2D eigenvalue weighted by atomic mass is 79.9. The number of hydrogen-bond acceptors (Lipinski definition) is 7. The summed E-state index contributed by atoms with van der Waals surface area (Å²) >= 11 is 3.48. The van der Waals surface area contributed by atoms with Crippen molar-refractivity contribution in [1.82, 2.24) is 5.43 Å². The Labute approximate surface area is 208 Å². The number of non-ortho nitro benzene ring substituents is 1. The average Bonchev–Trinajstić information content (AvgIpc) is 3.29. The van der Waals surface area contributed by atoms with Crippen molar-refractivity contribution < 1.29 is 23.6 Å². The van der Waals surface area contributed by atoms with E-state index in [-0.39, 0.29) is 18.1 Å². The van der Waals surface area contributed by atoms with Crippen LogP contribution >= 0.6 is 15.9 Å². The van der Waals surface area contributed by atoms with E-state index in [2.05, 4.69) is 26.5 Å². The largest absolute Gasteiger partial charge is 0.490 e. The Morgan fingerprint density at radius 2 is 1.91 bits per heavy atom. The van der Waals surface area contributed by atoms with Gasteiger partial charge in [-0.2, -0.15) is 5.10 Å². The molecule has 0 saturated heterocycles. The number of carbonyl (C=O) groups is 1. The maximum atomic E-state index is 12.4. The summed E-state index contributed by atoms with van der Waals surface area (Å²) in [7, 11) is 0. The lowest BCUT2D eigenvalue weighted by atomic mass is 10.2. The number of furan rings is 1. The quantitative estimate of drug-likeness (QED) is 0.163. The molecule has 4 rings (SSSR count). The van der Waals surface area contributed by atoms with Crippen molar-refractivity contribution in [2.75, 3.05) is 6.61 Å². The molecule has 3 aromatic carbocycles. The van der Waals surface area contributed by atoms with Crippen LogP contribution in [-0.2, 0) is 6.61 Å². The third-order valence-corrected chi connectivity index (χ3v) is 5.58. The first-order valence-electron chi connectivity index (χ1n) is 10.6. The molecular weight excluding hydrogens is 518 g/mol. The second-order valence-electron chi connectivity index (χ2n) is 7.32. The number of carbonyl (C=O) groups excluding carboxylic acids is 1. The van der Waals surface area contributed by atoms with Gasteiger partial charge in [-0.3, -0.25) is 14.9 Å². The predicted molar refractivity (Wildman–Crippen MR) is 134 cm³/mol. The van der Waals surface area contributed by atoms with E-state index >= 15 is 0 Å². The number of nitro benzene ring substituents is 1. The number of para-hydroxylation sites is 1. The molecule has 0 aliphatic carbocycles. The number of nitrogens with one attached hydrogen (secondary N) is 1. The van der Waals surface area contributed by atoms with Gasteiger partial charge in [0.05, 0.1) is 17.7 Å². The van der Waals surface area contributed by atoms with Gasteiger partial charge in [0.2, 0.25) is 0 Å². The zero-order valence-electron chi connectivity index (χ0n) is 18.6. The molecule has 10 heteroatoms. The number of benzene rings is 3. The van der Waals surface area contributed by atoms with Crippen LogP contribution in [0.2, 0.25) is 0 Å². The lowest BCUT2D eigenvalue weighted by molar-refractivity contribution is -0.384. The molecule has 0 bridgehead atoms.